The molecule has 1 aromatic rings. The molecule has 1 saturated heterocycles. The van der Waals surface area contributed by atoms with Gasteiger partial charge in [-0.2, -0.15) is 0 Å². The summed E-state index contributed by atoms with van der Waals surface area (Å²) in [5.74, 6) is 2.08. The number of piperazine rings is 1. The first-order valence-electron chi connectivity index (χ1n) is 5.25. The average molecular weight is 194 g/mol. The molecule has 0 unspecified atom stereocenters. The highest BCUT2D eigenvalue weighted by molar-refractivity contribution is 5.05. The van der Waals surface area contributed by atoms with Crippen molar-refractivity contribution in [3.8, 4) is 0 Å². The average Bonchev–Trinajstić information content (AvgIpc) is 2.51. The summed E-state index contributed by atoms with van der Waals surface area (Å²) in [5, 5.41) is 3.43. The molecule has 1 aliphatic rings. The van der Waals surface area contributed by atoms with Gasteiger partial charge in [0.1, 0.15) is 11.5 Å². The lowest BCUT2D eigenvalue weighted by atomic mass is 10.2. The molecular weight excluding hydrogens is 176 g/mol. The second-order valence-corrected chi connectivity index (χ2v) is 4.10. The number of hydrogen-bond donors (Lipinski definition) is 1. The Morgan fingerprint density at radius 2 is 2.43 bits per heavy atom. The molecule has 78 valence electrons. The molecular formula is C11H18N2O. The number of nitrogens with one attached hydrogen (secondary N) is 1. The van der Waals surface area contributed by atoms with Crippen molar-refractivity contribution >= 4 is 0 Å². The van der Waals surface area contributed by atoms with Crippen LogP contribution >= 0.6 is 0 Å². The molecule has 1 atom stereocenters. The third-order valence-electron chi connectivity index (χ3n) is 2.63. The van der Waals surface area contributed by atoms with E-state index in [1.807, 2.05) is 13.0 Å². The molecule has 2 rings (SSSR count). The van der Waals surface area contributed by atoms with E-state index in [0.717, 1.165) is 37.7 Å². The fourth-order valence-electron chi connectivity index (χ4n) is 1.95. The van der Waals surface area contributed by atoms with E-state index in [0.29, 0.717) is 6.04 Å². The van der Waals surface area contributed by atoms with Crippen LogP contribution in [0.5, 0.6) is 0 Å². The maximum atomic E-state index is 5.56. The van der Waals surface area contributed by atoms with Gasteiger partial charge in [-0.1, -0.05) is 0 Å². The molecule has 1 aromatic heterocycles. The molecule has 3 heteroatoms. The van der Waals surface area contributed by atoms with E-state index in [-0.39, 0.29) is 0 Å². The third kappa shape index (κ3) is 2.36. The lowest BCUT2D eigenvalue weighted by Crippen LogP contribution is -2.48. The van der Waals surface area contributed by atoms with Crippen LogP contribution < -0.4 is 5.32 Å². The van der Waals surface area contributed by atoms with Crippen molar-refractivity contribution in [2.24, 2.45) is 0 Å². The number of nitrogens with zero attached hydrogens (tertiary/aromatic N) is 1. The Kier molecular flexibility index (Phi) is 2.89. The number of hydrogen-bond acceptors (Lipinski definition) is 3. The lowest BCUT2D eigenvalue weighted by molar-refractivity contribution is 0.186. The monoisotopic (exact) mass is 194 g/mol. The summed E-state index contributed by atoms with van der Waals surface area (Å²) in [4.78, 5) is 2.43. The third-order valence-corrected chi connectivity index (χ3v) is 2.63. The second kappa shape index (κ2) is 4.15. The highest BCUT2D eigenvalue weighted by atomic mass is 16.3. The number of rotatable bonds is 2. The molecule has 0 saturated carbocycles. The summed E-state index contributed by atoms with van der Waals surface area (Å²) in [6.45, 7) is 8.47. The Balaban J connectivity index is 1.90. The number of furan rings is 1. The summed E-state index contributed by atoms with van der Waals surface area (Å²) < 4.78 is 5.56. The standard InChI is InChI=1S/C11H18N2O/c1-9-7-13(6-5-12-9)8-11-4-3-10(2)14-11/h3-4,9,12H,5-8H2,1-2H3/t9-/m0/s1. The van der Waals surface area contributed by atoms with Crippen LogP contribution in [0.25, 0.3) is 0 Å². The van der Waals surface area contributed by atoms with Crippen molar-refractivity contribution in [1.82, 2.24) is 10.2 Å². The zero-order chi connectivity index (χ0) is 9.97. The van der Waals surface area contributed by atoms with Gasteiger partial charge in [-0.25, -0.2) is 0 Å². The largest absolute Gasteiger partial charge is 0.465 e. The van der Waals surface area contributed by atoms with Gasteiger partial charge in [-0.15, -0.1) is 0 Å². The Labute approximate surface area is 85.1 Å². The van der Waals surface area contributed by atoms with Gasteiger partial charge in [-0.3, -0.25) is 4.90 Å². The molecule has 0 aromatic carbocycles. The molecule has 14 heavy (non-hydrogen) atoms. The summed E-state index contributed by atoms with van der Waals surface area (Å²) in [6, 6.07) is 4.70. The molecule has 0 aliphatic carbocycles. The van der Waals surface area contributed by atoms with E-state index < -0.39 is 0 Å². The van der Waals surface area contributed by atoms with Gasteiger partial charge in [0.15, 0.2) is 0 Å². The highest BCUT2D eigenvalue weighted by Gasteiger charge is 2.16. The minimum Gasteiger partial charge on any atom is -0.465 e. The summed E-state index contributed by atoms with van der Waals surface area (Å²) >= 11 is 0. The summed E-state index contributed by atoms with van der Waals surface area (Å²) in [6.07, 6.45) is 0. The summed E-state index contributed by atoms with van der Waals surface area (Å²) in [7, 11) is 0. The Hall–Kier alpha value is -0.800. The van der Waals surface area contributed by atoms with Crippen molar-refractivity contribution in [2.75, 3.05) is 19.6 Å². The van der Waals surface area contributed by atoms with E-state index in [4.69, 9.17) is 4.42 Å². The van der Waals surface area contributed by atoms with Gasteiger partial charge in [0.25, 0.3) is 0 Å². The van der Waals surface area contributed by atoms with Gasteiger partial charge in [0.05, 0.1) is 6.54 Å². The first-order valence-corrected chi connectivity index (χ1v) is 5.25. The summed E-state index contributed by atoms with van der Waals surface area (Å²) in [5.41, 5.74) is 0. The van der Waals surface area contributed by atoms with Crippen molar-refractivity contribution in [3.05, 3.63) is 23.7 Å². The van der Waals surface area contributed by atoms with Crippen LogP contribution in [0, 0.1) is 6.92 Å². The van der Waals surface area contributed by atoms with E-state index >= 15 is 0 Å². The Bertz CT molecular complexity index is 295. The smallest absolute Gasteiger partial charge is 0.118 e. The predicted molar refractivity (Wildman–Crippen MR) is 56.2 cm³/mol. The van der Waals surface area contributed by atoms with E-state index in [2.05, 4.69) is 23.2 Å². The van der Waals surface area contributed by atoms with Crippen LogP contribution in [-0.4, -0.2) is 30.6 Å². The van der Waals surface area contributed by atoms with Crippen LogP contribution in [0.4, 0.5) is 0 Å². The minimum absolute atomic E-state index is 0.597. The Morgan fingerprint density at radius 1 is 1.57 bits per heavy atom. The minimum atomic E-state index is 0.597. The van der Waals surface area contributed by atoms with Crippen molar-refractivity contribution < 1.29 is 4.42 Å². The van der Waals surface area contributed by atoms with Gasteiger partial charge in [0, 0.05) is 25.7 Å². The zero-order valence-electron chi connectivity index (χ0n) is 8.92. The molecule has 2 heterocycles. The van der Waals surface area contributed by atoms with Crippen LogP contribution in [0.1, 0.15) is 18.4 Å². The molecule has 0 amide bonds. The van der Waals surface area contributed by atoms with Crippen molar-refractivity contribution in [3.63, 3.8) is 0 Å². The van der Waals surface area contributed by atoms with Crippen molar-refractivity contribution in [1.29, 1.82) is 0 Å². The highest BCUT2D eigenvalue weighted by Crippen LogP contribution is 2.10. The lowest BCUT2D eigenvalue weighted by Gasteiger charge is -2.31. The topological polar surface area (TPSA) is 28.4 Å². The molecule has 1 aliphatic heterocycles. The molecule has 3 nitrogen and oxygen atoms in total. The van der Waals surface area contributed by atoms with Crippen LogP contribution in [0.15, 0.2) is 16.5 Å². The molecule has 0 radical (unpaired) electrons. The zero-order valence-corrected chi connectivity index (χ0v) is 8.92. The van der Waals surface area contributed by atoms with Crippen LogP contribution in [-0.2, 0) is 6.54 Å². The van der Waals surface area contributed by atoms with E-state index in [1.165, 1.54) is 0 Å². The number of aryl methyl sites for hydroxylation is 1. The van der Waals surface area contributed by atoms with Crippen LogP contribution in [0.3, 0.4) is 0 Å². The second-order valence-electron chi connectivity index (χ2n) is 4.10. The van der Waals surface area contributed by atoms with Crippen molar-refractivity contribution in [2.45, 2.75) is 26.4 Å². The first kappa shape index (κ1) is 9.74. The van der Waals surface area contributed by atoms with Crippen LogP contribution in [0.2, 0.25) is 0 Å². The van der Waals surface area contributed by atoms with Gasteiger partial charge in [0.2, 0.25) is 0 Å². The maximum Gasteiger partial charge on any atom is 0.118 e. The van der Waals surface area contributed by atoms with Gasteiger partial charge in [-0.05, 0) is 26.0 Å². The maximum absolute atomic E-state index is 5.56. The molecule has 0 bridgehead atoms. The SMILES string of the molecule is Cc1ccc(CN2CCN[C@@H](C)C2)o1. The fourth-order valence-corrected chi connectivity index (χ4v) is 1.95. The van der Waals surface area contributed by atoms with Gasteiger partial charge < -0.3 is 9.73 Å². The predicted octanol–water partition coefficient (Wildman–Crippen LogP) is 1.38. The first-order chi connectivity index (χ1) is 6.74. The Morgan fingerprint density at radius 3 is 3.07 bits per heavy atom. The quantitative estimate of drug-likeness (QED) is 0.771. The van der Waals surface area contributed by atoms with E-state index in [9.17, 15) is 0 Å². The normalized spacial score (nSPS) is 24.0. The molecule has 1 N–H and O–H groups in total. The van der Waals surface area contributed by atoms with Gasteiger partial charge >= 0.3 is 0 Å². The molecule has 0 spiro atoms. The fraction of sp³-hybridized carbons (Fsp3) is 0.636. The molecule has 1 fully saturated rings. The van der Waals surface area contributed by atoms with E-state index in [1.54, 1.807) is 0 Å².